The molecule has 126 valence electrons. The summed E-state index contributed by atoms with van der Waals surface area (Å²) in [6.45, 7) is 5.21. The Kier molecular flexibility index (Phi) is 4.10. The average Bonchev–Trinajstić information content (AvgIpc) is 2.50. The van der Waals surface area contributed by atoms with Crippen molar-refractivity contribution < 1.29 is 17.9 Å². The summed E-state index contributed by atoms with van der Waals surface area (Å²) in [6.07, 6.45) is 1.04. The van der Waals surface area contributed by atoms with Gasteiger partial charge in [0.2, 0.25) is 10.0 Å². The van der Waals surface area contributed by atoms with Crippen LogP contribution in [0.2, 0.25) is 0 Å². The Morgan fingerprint density at radius 2 is 1.83 bits per heavy atom. The Morgan fingerprint density at radius 3 is 2.48 bits per heavy atom. The zero-order valence-electron chi connectivity index (χ0n) is 13.7. The van der Waals surface area contributed by atoms with E-state index >= 15 is 0 Å². The van der Waals surface area contributed by atoms with Gasteiger partial charge in [-0.25, -0.2) is 8.42 Å². The van der Waals surface area contributed by atoms with Gasteiger partial charge in [0.05, 0.1) is 10.6 Å². The summed E-state index contributed by atoms with van der Waals surface area (Å²) in [7, 11) is -1.93. The molecule has 3 rings (SSSR count). The van der Waals surface area contributed by atoms with Crippen molar-refractivity contribution in [2.75, 3.05) is 31.6 Å². The van der Waals surface area contributed by atoms with E-state index in [4.69, 9.17) is 4.74 Å². The topological polar surface area (TPSA) is 66.9 Å². The number of carbonyl (C=O) groups is 1. The van der Waals surface area contributed by atoms with Gasteiger partial charge in [-0.1, -0.05) is 13.8 Å². The number of sulfonamides is 1. The number of carbonyl (C=O) groups excluding carboxylic acids is 1. The number of nitrogens with zero attached hydrogens (tertiary/aromatic N) is 2. The van der Waals surface area contributed by atoms with Gasteiger partial charge in [0.25, 0.3) is 5.91 Å². The van der Waals surface area contributed by atoms with Crippen LogP contribution in [0.3, 0.4) is 0 Å². The van der Waals surface area contributed by atoms with E-state index in [1.54, 1.807) is 23.5 Å². The first-order chi connectivity index (χ1) is 10.8. The minimum Gasteiger partial charge on any atom is -0.482 e. The number of hydrogen-bond donors (Lipinski definition) is 0. The molecular formula is C16H22N2O4S. The first kappa shape index (κ1) is 16.3. The number of anilines is 1. The smallest absolute Gasteiger partial charge is 0.264 e. The molecular weight excluding hydrogens is 316 g/mol. The second kappa shape index (κ2) is 5.79. The van der Waals surface area contributed by atoms with Crippen LogP contribution in [0.25, 0.3) is 0 Å². The number of hydrogen-bond acceptors (Lipinski definition) is 4. The molecule has 23 heavy (non-hydrogen) atoms. The number of benzene rings is 1. The molecule has 0 bridgehead atoms. The molecule has 7 heteroatoms. The predicted molar refractivity (Wildman–Crippen MR) is 87.1 cm³/mol. The van der Waals surface area contributed by atoms with Crippen LogP contribution in [0.1, 0.15) is 20.3 Å². The maximum absolute atomic E-state index is 12.9. The minimum absolute atomic E-state index is 0.0171. The van der Waals surface area contributed by atoms with Crippen LogP contribution in [0.5, 0.6) is 5.75 Å². The van der Waals surface area contributed by atoms with Gasteiger partial charge < -0.3 is 9.64 Å². The highest BCUT2D eigenvalue weighted by Gasteiger charge is 2.33. The molecule has 1 saturated heterocycles. The maximum atomic E-state index is 12.9. The van der Waals surface area contributed by atoms with E-state index in [9.17, 15) is 13.2 Å². The summed E-state index contributed by atoms with van der Waals surface area (Å²) in [5.41, 5.74) is 0.500. The molecule has 2 heterocycles. The van der Waals surface area contributed by atoms with Gasteiger partial charge in [0.15, 0.2) is 6.61 Å². The van der Waals surface area contributed by atoms with Crippen LogP contribution in [-0.4, -0.2) is 45.4 Å². The molecule has 0 N–H and O–H groups in total. The normalized spacial score (nSPS) is 25.9. The molecule has 0 saturated carbocycles. The van der Waals surface area contributed by atoms with E-state index in [1.165, 1.54) is 11.0 Å². The monoisotopic (exact) mass is 338 g/mol. The van der Waals surface area contributed by atoms with Crippen LogP contribution >= 0.6 is 0 Å². The lowest BCUT2D eigenvalue weighted by molar-refractivity contribution is -0.120. The average molecular weight is 338 g/mol. The van der Waals surface area contributed by atoms with Gasteiger partial charge in [-0.05, 0) is 36.5 Å². The van der Waals surface area contributed by atoms with Crippen molar-refractivity contribution in [3.63, 3.8) is 0 Å². The van der Waals surface area contributed by atoms with E-state index in [-0.39, 0.29) is 17.4 Å². The van der Waals surface area contributed by atoms with Gasteiger partial charge in [-0.2, -0.15) is 4.31 Å². The van der Waals surface area contributed by atoms with Gasteiger partial charge in [-0.15, -0.1) is 0 Å². The molecule has 0 aliphatic carbocycles. The molecule has 2 aliphatic rings. The number of fused-ring (bicyclic) bond motifs is 1. The molecule has 6 nitrogen and oxygen atoms in total. The van der Waals surface area contributed by atoms with Crippen molar-refractivity contribution in [2.45, 2.75) is 25.2 Å². The fourth-order valence-corrected chi connectivity index (χ4v) is 5.06. The Morgan fingerprint density at radius 1 is 1.17 bits per heavy atom. The Labute approximate surface area is 137 Å². The third kappa shape index (κ3) is 2.95. The van der Waals surface area contributed by atoms with Gasteiger partial charge >= 0.3 is 0 Å². The molecule has 2 atom stereocenters. The maximum Gasteiger partial charge on any atom is 0.264 e. The Hall–Kier alpha value is -1.60. The minimum atomic E-state index is -3.56. The lowest BCUT2D eigenvalue weighted by atomic mass is 9.94. The molecule has 0 aromatic heterocycles. The molecule has 1 aromatic rings. The molecule has 0 spiro atoms. The first-order valence-corrected chi connectivity index (χ1v) is 9.26. The molecule has 1 amide bonds. The Bertz CT molecular complexity index is 722. The fraction of sp³-hybridized carbons (Fsp3) is 0.562. The fourth-order valence-electron chi connectivity index (χ4n) is 3.36. The number of amides is 1. The van der Waals surface area contributed by atoms with Gasteiger partial charge in [0, 0.05) is 20.1 Å². The molecule has 2 aliphatic heterocycles. The predicted octanol–water partition coefficient (Wildman–Crippen LogP) is 1.71. The van der Waals surface area contributed by atoms with Crippen LogP contribution in [0.4, 0.5) is 5.69 Å². The van der Waals surface area contributed by atoms with E-state index in [1.807, 2.05) is 0 Å². The van der Waals surface area contributed by atoms with Crippen LogP contribution in [0, 0.1) is 11.8 Å². The number of ether oxygens (including phenoxy) is 1. The van der Waals surface area contributed by atoms with Crippen LogP contribution in [-0.2, 0) is 14.8 Å². The van der Waals surface area contributed by atoms with Gasteiger partial charge in [-0.3, -0.25) is 4.79 Å². The van der Waals surface area contributed by atoms with E-state index in [2.05, 4.69) is 13.8 Å². The summed E-state index contributed by atoms with van der Waals surface area (Å²) in [5.74, 6) is 1.04. The lowest BCUT2D eigenvalue weighted by Crippen LogP contribution is -2.42. The molecule has 1 aromatic carbocycles. The Balaban J connectivity index is 1.96. The highest BCUT2D eigenvalue weighted by molar-refractivity contribution is 7.89. The highest BCUT2D eigenvalue weighted by atomic mass is 32.2. The summed E-state index contributed by atoms with van der Waals surface area (Å²) >= 11 is 0. The largest absolute Gasteiger partial charge is 0.482 e. The molecule has 0 radical (unpaired) electrons. The van der Waals surface area contributed by atoms with Crippen molar-refractivity contribution in [3.8, 4) is 5.75 Å². The number of likely N-dealkylation sites (N-methyl/N-ethyl adjacent to an activating group) is 1. The van der Waals surface area contributed by atoms with Crippen molar-refractivity contribution >= 4 is 21.6 Å². The first-order valence-electron chi connectivity index (χ1n) is 7.82. The van der Waals surface area contributed by atoms with Crippen molar-refractivity contribution in [1.29, 1.82) is 0 Å². The third-order valence-corrected chi connectivity index (χ3v) is 6.32. The second-order valence-electron chi connectivity index (χ2n) is 6.64. The summed E-state index contributed by atoms with van der Waals surface area (Å²) in [5, 5.41) is 0. The summed E-state index contributed by atoms with van der Waals surface area (Å²) in [4.78, 5) is 13.4. The molecule has 2 unspecified atom stereocenters. The van der Waals surface area contributed by atoms with E-state index in [0.29, 0.717) is 36.4 Å². The van der Waals surface area contributed by atoms with Gasteiger partial charge in [0.1, 0.15) is 5.75 Å². The lowest BCUT2D eigenvalue weighted by Gasteiger charge is -2.34. The number of rotatable bonds is 2. The summed E-state index contributed by atoms with van der Waals surface area (Å²) < 4.78 is 32.8. The SMILES string of the molecule is CC1CC(C)CN(S(=O)(=O)c2ccc3c(c2)N(C)C(=O)CO3)C1. The standard InChI is InChI=1S/C16H22N2O4S/c1-11-6-12(2)9-18(8-11)23(20,21)13-4-5-15-14(7-13)17(3)16(19)10-22-15/h4-5,7,11-12H,6,8-10H2,1-3H3. The third-order valence-electron chi connectivity index (χ3n) is 4.49. The highest BCUT2D eigenvalue weighted by Crippen LogP contribution is 2.35. The van der Waals surface area contributed by atoms with Crippen molar-refractivity contribution in [1.82, 2.24) is 4.31 Å². The van der Waals surface area contributed by atoms with E-state index in [0.717, 1.165) is 6.42 Å². The molecule has 1 fully saturated rings. The van der Waals surface area contributed by atoms with Crippen molar-refractivity contribution in [3.05, 3.63) is 18.2 Å². The van der Waals surface area contributed by atoms with Crippen LogP contribution in [0.15, 0.2) is 23.1 Å². The zero-order chi connectivity index (χ0) is 16.8. The van der Waals surface area contributed by atoms with E-state index < -0.39 is 10.0 Å². The van der Waals surface area contributed by atoms with Crippen molar-refractivity contribution in [2.24, 2.45) is 11.8 Å². The quantitative estimate of drug-likeness (QED) is 0.823. The second-order valence-corrected chi connectivity index (χ2v) is 8.58. The summed E-state index contributed by atoms with van der Waals surface area (Å²) in [6, 6.07) is 4.72. The van der Waals surface area contributed by atoms with Crippen LogP contribution < -0.4 is 9.64 Å². The zero-order valence-corrected chi connectivity index (χ0v) is 14.5. The number of piperidine rings is 1.